The van der Waals surface area contributed by atoms with Gasteiger partial charge in [0, 0.05) is 35.7 Å². The van der Waals surface area contributed by atoms with E-state index in [1.54, 1.807) is 38.1 Å². The lowest BCUT2D eigenvalue weighted by molar-refractivity contribution is -0.110. The Labute approximate surface area is 203 Å². The largest absolute Gasteiger partial charge is 0.395 e. The van der Waals surface area contributed by atoms with Gasteiger partial charge in [-0.2, -0.15) is 5.26 Å². The Bertz CT molecular complexity index is 1150. The number of amides is 2. The van der Waals surface area contributed by atoms with Crippen molar-refractivity contribution in [3.63, 3.8) is 0 Å². The molecular weight excluding hydrogens is 452 g/mol. The number of nitrogens with one attached hydrogen (secondary N) is 2. The number of benzene rings is 1. The molecule has 1 aromatic heterocycles. The average Bonchev–Trinajstić information content (AvgIpc) is 3.31. The van der Waals surface area contributed by atoms with Crippen molar-refractivity contribution in [1.82, 2.24) is 9.88 Å². The summed E-state index contributed by atoms with van der Waals surface area (Å²) < 4.78 is 10.6. The topological polar surface area (TPSA) is 148 Å². The second-order valence-electron chi connectivity index (χ2n) is 8.01. The molecule has 0 spiro atoms. The molecule has 0 unspecified atom stereocenters. The van der Waals surface area contributed by atoms with Gasteiger partial charge in [-0.1, -0.05) is 0 Å². The van der Waals surface area contributed by atoms with Gasteiger partial charge in [-0.3, -0.25) is 9.59 Å². The summed E-state index contributed by atoms with van der Waals surface area (Å²) in [6, 6.07) is 7.08. The molecular formula is C25H30N4O6. The quantitative estimate of drug-likeness (QED) is 0.264. The number of aromatic amines is 1. The highest BCUT2D eigenvalue weighted by Gasteiger charge is 2.27. The molecule has 4 N–H and O–H groups in total. The summed E-state index contributed by atoms with van der Waals surface area (Å²) >= 11 is 0. The zero-order chi connectivity index (χ0) is 25.4. The maximum Gasteiger partial charge on any atom is 0.256 e. The SMILES string of the molecule is Cc1[nH]c(/C=C2\C(=O)Nc3ccc(C#N)cc32)c(C)c1C(=O)N(CCO)CCOCCOCCO. The van der Waals surface area contributed by atoms with Crippen molar-refractivity contribution in [3.8, 4) is 6.07 Å². The first-order valence-electron chi connectivity index (χ1n) is 11.3. The number of anilines is 1. The zero-order valence-corrected chi connectivity index (χ0v) is 19.9. The Morgan fingerprint density at radius 3 is 2.54 bits per heavy atom. The van der Waals surface area contributed by atoms with Crippen LogP contribution in [0, 0.1) is 25.2 Å². The monoisotopic (exact) mass is 482 g/mol. The number of aliphatic hydroxyl groups excluding tert-OH is 2. The Hall–Kier alpha value is -3.49. The van der Waals surface area contributed by atoms with Crippen LogP contribution in [0.25, 0.3) is 11.6 Å². The van der Waals surface area contributed by atoms with Crippen LogP contribution in [0.3, 0.4) is 0 Å². The van der Waals surface area contributed by atoms with Gasteiger partial charge in [-0.05, 0) is 43.7 Å². The lowest BCUT2D eigenvalue weighted by atomic mass is 10.0. The van der Waals surface area contributed by atoms with E-state index in [1.165, 1.54) is 4.90 Å². The summed E-state index contributed by atoms with van der Waals surface area (Å²) in [5.74, 6) is -0.533. The van der Waals surface area contributed by atoms with Crippen molar-refractivity contribution in [2.45, 2.75) is 13.8 Å². The molecule has 2 heterocycles. The van der Waals surface area contributed by atoms with Gasteiger partial charge < -0.3 is 34.9 Å². The van der Waals surface area contributed by atoms with Crippen molar-refractivity contribution in [2.75, 3.05) is 58.0 Å². The standard InChI is InChI=1S/C25H30N4O6/c1-16-22(14-20-19-13-18(15-26)3-4-21(19)28-24(20)32)27-17(2)23(16)25(33)29(5-7-30)6-9-34-11-12-35-10-8-31/h3-4,13-14,27,30-31H,5-12H2,1-2H3,(H,28,32)/b20-14-. The van der Waals surface area contributed by atoms with Crippen molar-refractivity contribution in [3.05, 3.63) is 51.8 Å². The van der Waals surface area contributed by atoms with Crippen LogP contribution in [0.1, 0.15) is 38.4 Å². The second kappa shape index (κ2) is 12.3. The van der Waals surface area contributed by atoms with E-state index in [0.29, 0.717) is 58.1 Å². The lowest BCUT2D eigenvalue weighted by Gasteiger charge is -2.22. The normalized spacial score (nSPS) is 13.6. The maximum absolute atomic E-state index is 13.3. The molecule has 0 saturated heterocycles. The van der Waals surface area contributed by atoms with Gasteiger partial charge in [0.25, 0.3) is 11.8 Å². The first kappa shape index (κ1) is 26.1. The number of ether oxygens (including phenoxy) is 2. The van der Waals surface area contributed by atoms with Crippen LogP contribution in [0.2, 0.25) is 0 Å². The van der Waals surface area contributed by atoms with Gasteiger partial charge in [0.2, 0.25) is 0 Å². The number of carbonyl (C=O) groups is 2. The lowest BCUT2D eigenvalue weighted by Crippen LogP contribution is -2.37. The third kappa shape index (κ3) is 6.15. The van der Waals surface area contributed by atoms with Gasteiger partial charge >= 0.3 is 0 Å². The molecule has 0 saturated carbocycles. The number of H-pyrrole nitrogens is 1. The minimum atomic E-state index is -0.281. The minimum absolute atomic E-state index is 0.0507. The number of fused-ring (bicyclic) bond motifs is 1. The van der Waals surface area contributed by atoms with Crippen molar-refractivity contribution in [1.29, 1.82) is 5.26 Å². The van der Waals surface area contributed by atoms with Crippen molar-refractivity contribution in [2.24, 2.45) is 0 Å². The smallest absolute Gasteiger partial charge is 0.256 e. The summed E-state index contributed by atoms with van der Waals surface area (Å²) in [5.41, 5.74) is 4.54. The summed E-state index contributed by atoms with van der Waals surface area (Å²) in [5, 5.41) is 30.2. The predicted molar refractivity (Wildman–Crippen MR) is 130 cm³/mol. The van der Waals surface area contributed by atoms with Crippen LogP contribution in [0.5, 0.6) is 0 Å². The fourth-order valence-corrected chi connectivity index (χ4v) is 3.94. The molecule has 35 heavy (non-hydrogen) atoms. The van der Waals surface area contributed by atoms with E-state index >= 15 is 0 Å². The molecule has 186 valence electrons. The number of hydrogen-bond donors (Lipinski definition) is 4. The minimum Gasteiger partial charge on any atom is -0.395 e. The zero-order valence-electron chi connectivity index (χ0n) is 19.9. The molecule has 0 bridgehead atoms. The van der Waals surface area contributed by atoms with Gasteiger partial charge in [0.05, 0.1) is 62.4 Å². The molecule has 1 aromatic carbocycles. The van der Waals surface area contributed by atoms with Crippen LogP contribution in [-0.4, -0.2) is 84.6 Å². The van der Waals surface area contributed by atoms with Gasteiger partial charge in [-0.25, -0.2) is 0 Å². The fraction of sp³-hybridized carbons (Fsp3) is 0.400. The summed E-state index contributed by atoms with van der Waals surface area (Å²) in [6.07, 6.45) is 1.69. The van der Waals surface area contributed by atoms with Crippen LogP contribution in [0.15, 0.2) is 18.2 Å². The number of hydrogen-bond acceptors (Lipinski definition) is 7. The molecule has 3 rings (SSSR count). The van der Waals surface area contributed by atoms with Gasteiger partial charge in [0.15, 0.2) is 0 Å². The van der Waals surface area contributed by atoms with Crippen LogP contribution >= 0.6 is 0 Å². The third-order valence-electron chi connectivity index (χ3n) is 5.68. The molecule has 1 aliphatic heterocycles. The van der Waals surface area contributed by atoms with Crippen molar-refractivity contribution < 1.29 is 29.3 Å². The molecule has 1 aliphatic rings. The number of carbonyl (C=O) groups excluding carboxylic acids is 2. The van der Waals surface area contributed by atoms with Crippen LogP contribution in [0.4, 0.5) is 5.69 Å². The number of nitriles is 1. The summed E-state index contributed by atoms with van der Waals surface area (Å²) in [7, 11) is 0. The predicted octanol–water partition coefficient (Wildman–Crippen LogP) is 1.46. The van der Waals surface area contributed by atoms with E-state index in [-0.39, 0.29) is 51.3 Å². The summed E-state index contributed by atoms with van der Waals surface area (Å²) in [6.45, 7) is 4.96. The Kier molecular flexibility index (Phi) is 9.17. The fourth-order valence-electron chi connectivity index (χ4n) is 3.94. The number of nitrogens with zero attached hydrogens (tertiary/aromatic N) is 2. The molecule has 0 atom stereocenters. The number of aliphatic hydroxyl groups is 2. The number of aryl methyl sites for hydroxylation is 1. The molecule has 0 fully saturated rings. The molecule has 10 heteroatoms. The van der Waals surface area contributed by atoms with Crippen molar-refractivity contribution >= 4 is 29.2 Å². The highest BCUT2D eigenvalue weighted by atomic mass is 16.5. The molecule has 10 nitrogen and oxygen atoms in total. The summed E-state index contributed by atoms with van der Waals surface area (Å²) in [4.78, 5) is 30.6. The van der Waals surface area contributed by atoms with E-state index < -0.39 is 0 Å². The van der Waals surface area contributed by atoms with Crippen LogP contribution in [-0.2, 0) is 14.3 Å². The maximum atomic E-state index is 13.3. The van der Waals surface area contributed by atoms with E-state index in [9.17, 15) is 20.0 Å². The van der Waals surface area contributed by atoms with E-state index in [1.807, 2.05) is 0 Å². The number of rotatable bonds is 12. The first-order chi connectivity index (χ1) is 16.9. The van der Waals surface area contributed by atoms with E-state index in [4.69, 9.17) is 14.6 Å². The Morgan fingerprint density at radius 2 is 1.86 bits per heavy atom. The average molecular weight is 483 g/mol. The molecule has 2 amide bonds. The molecule has 0 aliphatic carbocycles. The second-order valence-corrected chi connectivity index (χ2v) is 8.01. The van der Waals surface area contributed by atoms with Gasteiger partial charge in [0.1, 0.15) is 0 Å². The highest BCUT2D eigenvalue weighted by molar-refractivity contribution is 6.35. The third-order valence-corrected chi connectivity index (χ3v) is 5.68. The molecule has 0 radical (unpaired) electrons. The van der Waals surface area contributed by atoms with Gasteiger partial charge in [-0.15, -0.1) is 0 Å². The first-order valence-corrected chi connectivity index (χ1v) is 11.3. The van der Waals surface area contributed by atoms with Crippen LogP contribution < -0.4 is 5.32 Å². The van der Waals surface area contributed by atoms with E-state index in [0.717, 1.165) is 0 Å². The van der Waals surface area contributed by atoms with E-state index in [2.05, 4.69) is 16.4 Å². The molecule has 2 aromatic rings. The highest BCUT2D eigenvalue weighted by Crippen LogP contribution is 2.34. The number of aromatic nitrogens is 1. The Morgan fingerprint density at radius 1 is 1.11 bits per heavy atom. The Balaban J connectivity index is 1.78.